The molecule has 0 heterocycles. The van der Waals surface area contributed by atoms with E-state index >= 15 is 0 Å². The number of ether oxygens (including phenoxy) is 1. The molecule has 2 N–H and O–H groups in total. The van der Waals surface area contributed by atoms with Gasteiger partial charge in [0.15, 0.2) is 0 Å². The minimum atomic E-state index is -0.626. The average molecular weight is 311 g/mol. The van der Waals surface area contributed by atoms with E-state index in [1.807, 2.05) is 0 Å². The van der Waals surface area contributed by atoms with Crippen molar-refractivity contribution in [1.29, 1.82) is 0 Å². The molecule has 0 saturated heterocycles. The van der Waals surface area contributed by atoms with Gasteiger partial charge in [-0.2, -0.15) is 0 Å². The van der Waals surface area contributed by atoms with E-state index in [1.54, 1.807) is 6.92 Å². The second-order valence-electron chi connectivity index (χ2n) is 4.41. The van der Waals surface area contributed by atoms with Crippen LogP contribution in [0.5, 0.6) is 11.5 Å². The average Bonchev–Trinajstić information content (AvgIpc) is 2.37. The molecule has 2 rings (SSSR count). The minimum Gasteiger partial charge on any atom is -0.450 e. The Morgan fingerprint density at radius 2 is 2.05 bits per heavy atom. The third-order valence-electron chi connectivity index (χ3n) is 2.81. The predicted octanol–water partition coefficient (Wildman–Crippen LogP) is 4.20. The first-order valence-electron chi connectivity index (χ1n) is 6.06. The van der Waals surface area contributed by atoms with E-state index in [4.69, 9.17) is 22.1 Å². The van der Waals surface area contributed by atoms with Crippen LogP contribution < -0.4 is 10.5 Å². The van der Waals surface area contributed by atoms with Gasteiger partial charge in [-0.15, -0.1) is 0 Å². The molecule has 1 unspecified atom stereocenters. The molecule has 0 radical (unpaired) electrons. The van der Waals surface area contributed by atoms with E-state index < -0.39 is 16.8 Å². The standard InChI is InChI=1S/C14H12ClFN2O3/c1-8(17)14-10(16)3-2-4-12(14)21-13-7-9(15)5-6-11(13)18(19)20/h2-8H,17H2,1H3. The number of nitrogens with two attached hydrogens (primary N) is 1. The van der Waals surface area contributed by atoms with Crippen molar-refractivity contribution in [2.24, 2.45) is 5.73 Å². The lowest BCUT2D eigenvalue weighted by Crippen LogP contribution is -2.09. The molecule has 0 aromatic heterocycles. The maximum atomic E-state index is 13.8. The summed E-state index contributed by atoms with van der Waals surface area (Å²) in [6.45, 7) is 1.59. The number of nitrogens with zero attached hydrogens (tertiary/aromatic N) is 1. The van der Waals surface area contributed by atoms with Crippen molar-refractivity contribution in [1.82, 2.24) is 0 Å². The molecule has 7 heteroatoms. The predicted molar refractivity (Wildman–Crippen MR) is 77.2 cm³/mol. The Bertz CT molecular complexity index is 692. The molecule has 0 bridgehead atoms. The van der Waals surface area contributed by atoms with Crippen molar-refractivity contribution in [2.45, 2.75) is 13.0 Å². The summed E-state index contributed by atoms with van der Waals surface area (Å²) in [5, 5.41) is 11.3. The highest BCUT2D eigenvalue weighted by Crippen LogP contribution is 2.36. The van der Waals surface area contributed by atoms with Gasteiger partial charge in [0.2, 0.25) is 5.75 Å². The summed E-state index contributed by atoms with van der Waals surface area (Å²) in [6, 6.07) is 7.46. The van der Waals surface area contributed by atoms with E-state index in [-0.39, 0.29) is 27.8 Å². The molecule has 21 heavy (non-hydrogen) atoms. The zero-order chi connectivity index (χ0) is 15.6. The number of halogens is 2. The first-order chi connectivity index (χ1) is 9.90. The van der Waals surface area contributed by atoms with Crippen LogP contribution in [0.15, 0.2) is 36.4 Å². The molecule has 0 saturated carbocycles. The number of nitro groups is 1. The Kier molecular flexibility index (Phi) is 4.40. The second-order valence-corrected chi connectivity index (χ2v) is 4.85. The van der Waals surface area contributed by atoms with Crippen molar-refractivity contribution < 1.29 is 14.1 Å². The van der Waals surface area contributed by atoms with Crippen LogP contribution in [-0.4, -0.2) is 4.92 Å². The van der Waals surface area contributed by atoms with Gasteiger partial charge in [0, 0.05) is 28.8 Å². The van der Waals surface area contributed by atoms with Gasteiger partial charge >= 0.3 is 5.69 Å². The highest BCUT2D eigenvalue weighted by atomic mass is 35.5. The quantitative estimate of drug-likeness (QED) is 0.678. The SMILES string of the molecule is CC(N)c1c(F)cccc1Oc1cc(Cl)ccc1[N+](=O)[O-]. The first kappa shape index (κ1) is 15.2. The molecule has 0 aliphatic heterocycles. The van der Waals surface area contributed by atoms with Crippen LogP contribution in [0.4, 0.5) is 10.1 Å². The molecule has 110 valence electrons. The van der Waals surface area contributed by atoms with Gasteiger partial charge in [-0.25, -0.2) is 4.39 Å². The van der Waals surface area contributed by atoms with Crippen molar-refractivity contribution in [3.8, 4) is 11.5 Å². The molecule has 0 fully saturated rings. The maximum Gasteiger partial charge on any atom is 0.311 e. The molecule has 2 aromatic rings. The lowest BCUT2D eigenvalue weighted by Gasteiger charge is -2.14. The largest absolute Gasteiger partial charge is 0.450 e. The van der Waals surface area contributed by atoms with E-state index in [2.05, 4.69) is 0 Å². The third-order valence-corrected chi connectivity index (χ3v) is 3.04. The highest BCUT2D eigenvalue weighted by Gasteiger charge is 2.20. The van der Waals surface area contributed by atoms with Crippen LogP contribution in [0.2, 0.25) is 5.02 Å². The lowest BCUT2D eigenvalue weighted by atomic mass is 10.1. The Balaban J connectivity index is 2.50. The monoisotopic (exact) mass is 310 g/mol. The smallest absolute Gasteiger partial charge is 0.311 e. The Hall–Kier alpha value is -2.18. The summed E-state index contributed by atoms with van der Waals surface area (Å²) in [5.41, 5.74) is 5.60. The number of rotatable bonds is 4. The van der Waals surface area contributed by atoms with Crippen molar-refractivity contribution >= 4 is 17.3 Å². The molecule has 1 atom stereocenters. The molecule has 0 amide bonds. The molecule has 0 aliphatic carbocycles. The zero-order valence-corrected chi connectivity index (χ0v) is 11.8. The van der Waals surface area contributed by atoms with Crippen LogP contribution >= 0.6 is 11.6 Å². The van der Waals surface area contributed by atoms with Crippen molar-refractivity contribution in [3.05, 3.63) is 62.9 Å². The van der Waals surface area contributed by atoms with Gasteiger partial charge in [-0.3, -0.25) is 10.1 Å². The number of hydrogen-bond donors (Lipinski definition) is 1. The molecular formula is C14H12ClFN2O3. The van der Waals surface area contributed by atoms with Crippen LogP contribution in [0.1, 0.15) is 18.5 Å². The van der Waals surface area contributed by atoms with Gasteiger partial charge in [0.25, 0.3) is 0 Å². The lowest BCUT2D eigenvalue weighted by molar-refractivity contribution is -0.385. The normalized spacial score (nSPS) is 12.0. The summed E-state index contributed by atoms with van der Waals surface area (Å²) in [5.74, 6) is -0.484. The fourth-order valence-electron chi connectivity index (χ4n) is 1.89. The molecular weight excluding hydrogens is 299 g/mol. The second kappa shape index (κ2) is 6.07. The van der Waals surface area contributed by atoms with E-state index in [0.29, 0.717) is 0 Å². The maximum absolute atomic E-state index is 13.8. The number of nitro benzene ring substituents is 1. The zero-order valence-electron chi connectivity index (χ0n) is 11.0. The fourth-order valence-corrected chi connectivity index (χ4v) is 2.05. The van der Waals surface area contributed by atoms with Crippen LogP contribution in [0, 0.1) is 15.9 Å². The number of hydrogen-bond acceptors (Lipinski definition) is 4. The van der Waals surface area contributed by atoms with Gasteiger partial charge in [-0.05, 0) is 25.1 Å². The van der Waals surface area contributed by atoms with Crippen LogP contribution in [0.25, 0.3) is 0 Å². The molecule has 2 aromatic carbocycles. The van der Waals surface area contributed by atoms with E-state index in [9.17, 15) is 14.5 Å². The van der Waals surface area contributed by atoms with E-state index in [0.717, 1.165) is 0 Å². The van der Waals surface area contributed by atoms with Gasteiger partial charge in [0.1, 0.15) is 11.6 Å². The van der Waals surface area contributed by atoms with Crippen LogP contribution in [-0.2, 0) is 0 Å². The first-order valence-corrected chi connectivity index (χ1v) is 6.43. The van der Waals surface area contributed by atoms with Crippen LogP contribution in [0.3, 0.4) is 0 Å². The number of benzene rings is 2. The summed E-state index contributed by atoms with van der Waals surface area (Å²) in [4.78, 5) is 10.4. The molecule has 0 aliphatic rings. The highest BCUT2D eigenvalue weighted by molar-refractivity contribution is 6.30. The van der Waals surface area contributed by atoms with Crippen molar-refractivity contribution in [3.63, 3.8) is 0 Å². The topological polar surface area (TPSA) is 78.4 Å². The third kappa shape index (κ3) is 3.29. The molecule has 5 nitrogen and oxygen atoms in total. The Labute approximate surface area is 125 Å². The van der Waals surface area contributed by atoms with Crippen molar-refractivity contribution in [2.75, 3.05) is 0 Å². The van der Waals surface area contributed by atoms with E-state index in [1.165, 1.54) is 36.4 Å². The summed E-state index contributed by atoms with van der Waals surface area (Å²) >= 11 is 5.82. The Morgan fingerprint density at radius 3 is 2.67 bits per heavy atom. The van der Waals surface area contributed by atoms with Gasteiger partial charge in [0.05, 0.1) is 4.92 Å². The summed E-state index contributed by atoms with van der Waals surface area (Å²) < 4.78 is 19.3. The molecule has 0 spiro atoms. The van der Waals surface area contributed by atoms with Gasteiger partial charge < -0.3 is 10.5 Å². The summed E-state index contributed by atoms with van der Waals surface area (Å²) in [6.07, 6.45) is 0. The Morgan fingerprint density at radius 1 is 1.33 bits per heavy atom. The minimum absolute atomic E-state index is 0.0694. The summed E-state index contributed by atoms with van der Waals surface area (Å²) in [7, 11) is 0. The van der Waals surface area contributed by atoms with Gasteiger partial charge in [-0.1, -0.05) is 17.7 Å². The fraction of sp³-hybridized carbons (Fsp3) is 0.143.